The van der Waals surface area contributed by atoms with Gasteiger partial charge in [0.15, 0.2) is 0 Å². The summed E-state index contributed by atoms with van der Waals surface area (Å²) in [5.41, 5.74) is 0.0606. The van der Waals surface area contributed by atoms with E-state index < -0.39 is 23.1 Å². The van der Waals surface area contributed by atoms with Crippen LogP contribution < -0.4 is 10.6 Å². The third-order valence-electron chi connectivity index (χ3n) is 3.50. The maximum Gasteiger partial charge on any atom is 0.257 e. The minimum Gasteiger partial charge on any atom is -0.378 e. The van der Waals surface area contributed by atoms with E-state index in [1.807, 2.05) is 0 Å². The van der Waals surface area contributed by atoms with Crippen LogP contribution in [0.25, 0.3) is 5.78 Å². The molecule has 0 atom stereocenters. The quantitative estimate of drug-likeness (QED) is 0.617. The van der Waals surface area contributed by atoms with Gasteiger partial charge in [-0.2, -0.15) is 14.6 Å². The Labute approximate surface area is 147 Å². The van der Waals surface area contributed by atoms with Crippen LogP contribution in [-0.4, -0.2) is 45.7 Å². The Balaban J connectivity index is 1.62. The standard InChI is InChI=1S/C16H16F2N6O2/c1-26-8-10-7-13(24-16(23-10)21-9-22-24)19-5-6-20-15(25)14-11(17)3-2-4-12(14)18/h2-4,7,9,19H,5-6,8H2,1H3,(H,20,25). The summed E-state index contributed by atoms with van der Waals surface area (Å²) in [5.74, 6) is -1.62. The molecule has 0 bridgehead atoms. The zero-order valence-corrected chi connectivity index (χ0v) is 13.9. The normalized spacial score (nSPS) is 10.9. The van der Waals surface area contributed by atoms with E-state index in [0.29, 0.717) is 30.4 Å². The number of nitrogens with zero attached hydrogens (tertiary/aromatic N) is 4. The smallest absolute Gasteiger partial charge is 0.257 e. The molecular formula is C16H16F2N6O2. The molecule has 0 radical (unpaired) electrons. The molecule has 2 heterocycles. The highest BCUT2D eigenvalue weighted by Gasteiger charge is 2.16. The van der Waals surface area contributed by atoms with Crippen molar-refractivity contribution in [2.75, 3.05) is 25.5 Å². The molecule has 0 aliphatic heterocycles. The van der Waals surface area contributed by atoms with Gasteiger partial charge in [0, 0.05) is 26.3 Å². The predicted octanol–water partition coefficient (Wildman–Crippen LogP) is 1.39. The average molecular weight is 362 g/mol. The lowest BCUT2D eigenvalue weighted by Crippen LogP contribution is -2.30. The average Bonchev–Trinajstić information content (AvgIpc) is 3.07. The van der Waals surface area contributed by atoms with Gasteiger partial charge < -0.3 is 15.4 Å². The summed E-state index contributed by atoms with van der Waals surface area (Å²) in [6.07, 6.45) is 1.37. The van der Waals surface area contributed by atoms with Gasteiger partial charge in [0.2, 0.25) is 0 Å². The van der Waals surface area contributed by atoms with E-state index in [2.05, 4.69) is 25.7 Å². The Morgan fingerprint density at radius 1 is 1.27 bits per heavy atom. The van der Waals surface area contributed by atoms with Gasteiger partial charge in [-0.1, -0.05) is 6.07 Å². The second-order valence-corrected chi connectivity index (χ2v) is 5.32. The van der Waals surface area contributed by atoms with Crippen LogP contribution in [0.5, 0.6) is 0 Å². The molecule has 10 heteroatoms. The van der Waals surface area contributed by atoms with Gasteiger partial charge in [-0.15, -0.1) is 0 Å². The molecule has 0 saturated heterocycles. The molecule has 8 nitrogen and oxygen atoms in total. The fourth-order valence-electron chi connectivity index (χ4n) is 2.38. The van der Waals surface area contributed by atoms with Gasteiger partial charge in [0.1, 0.15) is 29.3 Å². The second-order valence-electron chi connectivity index (χ2n) is 5.32. The summed E-state index contributed by atoms with van der Waals surface area (Å²) in [7, 11) is 1.56. The molecule has 3 rings (SSSR count). The van der Waals surface area contributed by atoms with E-state index in [9.17, 15) is 13.6 Å². The Morgan fingerprint density at radius 2 is 2.04 bits per heavy atom. The van der Waals surface area contributed by atoms with Crippen LogP contribution in [0, 0.1) is 11.6 Å². The number of aromatic nitrogens is 4. The Bertz CT molecular complexity index is 910. The van der Waals surface area contributed by atoms with Crippen molar-refractivity contribution in [3.05, 3.63) is 53.5 Å². The first-order valence-corrected chi connectivity index (χ1v) is 7.75. The van der Waals surface area contributed by atoms with Gasteiger partial charge in [0.25, 0.3) is 11.7 Å². The fourth-order valence-corrected chi connectivity index (χ4v) is 2.38. The lowest BCUT2D eigenvalue weighted by Gasteiger charge is -2.11. The number of benzene rings is 1. The number of fused-ring (bicyclic) bond motifs is 1. The highest BCUT2D eigenvalue weighted by molar-refractivity contribution is 5.94. The molecule has 1 amide bonds. The minimum absolute atomic E-state index is 0.144. The molecule has 26 heavy (non-hydrogen) atoms. The molecule has 136 valence electrons. The third-order valence-corrected chi connectivity index (χ3v) is 3.50. The number of halogens is 2. The molecule has 0 saturated carbocycles. The first kappa shape index (κ1) is 17.7. The highest BCUT2D eigenvalue weighted by Crippen LogP contribution is 2.12. The van der Waals surface area contributed by atoms with Gasteiger partial charge in [-0.05, 0) is 12.1 Å². The molecule has 0 aliphatic rings. The maximum atomic E-state index is 13.6. The molecule has 2 aromatic heterocycles. The number of hydrogen-bond donors (Lipinski definition) is 2. The Hall–Kier alpha value is -3.14. The molecule has 0 unspecified atom stereocenters. The topological polar surface area (TPSA) is 93.4 Å². The predicted molar refractivity (Wildman–Crippen MR) is 88.7 cm³/mol. The van der Waals surface area contributed by atoms with Crippen molar-refractivity contribution in [1.82, 2.24) is 24.9 Å². The third kappa shape index (κ3) is 3.75. The van der Waals surface area contributed by atoms with E-state index >= 15 is 0 Å². The lowest BCUT2D eigenvalue weighted by molar-refractivity contribution is 0.0946. The van der Waals surface area contributed by atoms with E-state index in [4.69, 9.17) is 4.74 Å². The zero-order valence-electron chi connectivity index (χ0n) is 13.9. The number of methoxy groups -OCH3 is 1. The van der Waals surface area contributed by atoms with Crippen LogP contribution in [0.1, 0.15) is 16.1 Å². The summed E-state index contributed by atoms with van der Waals surface area (Å²) >= 11 is 0. The van der Waals surface area contributed by atoms with Crippen molar-refractivity contribution in [3.63, 3.8) is 0 Å². The van der Waals surface area contributed by atoms with E-state index in [1.165, 1.54) is 16.9 Å². The summed E-state index contributed by atoms with van der Waals surface area (Å²) < 4.78 is 33.7. The molecular weight excluding hydrogens is 346 g/mol. The largest absolute Gasteiger partial charge is 0.378 e. The number of amides is 1. The summed E-state index contributed by atoms with van der Waals surface area (Å²) in [4.78, 5) is 20.2. The lowest BCUT2D eigenvalue weighted by atomic mass is 10.2. The Kier molecular flexibility index (Phi) is 5.32. The van der Waals surface area contributed by atoms with Crippen molar-refractivity contribution in [1.29, 1.82) is 0 Å². The van der Waals surface area contributed by atoms with Gasteiger partial charge in [-0.25, -0.2) is 13.8 Å². The van der Waals surface area contributed by atoms with Gasteiger partial charge in [-0.3, -0.25) is 4.79 Å². The second kappa shape index (κ2) is 7.83. The SMILES string of the molecule is COCc1cc(NCCNC(=O)c2c(F)cccc2F)n2ncnc2n1. The molecule has 1 aromatic carbocycles. The molecule has 0 spiro atoms. The summed E-state index contributed by atoms with van der Waals surface area (Å²) in [6.45, 7) is 0.749. The molecule has 0 fully saturated rings. The number of ether oxygens (including phenoxy) is 1. The molecule has 0 aliphatic carbocycles. The van der Waals surface area contributed by atoms with Gasteiger partial charge in [0.05, 0.1) is 12.3 Å². The Morgan fingerprint density at radius 3 is 2.77 bits per heavy atom. The highest BCUT2D eigenvalue weighted by atomic mass is 19.1. The monoisotopic (exact) mass is 362 g/mol. The van der Waals surface area contributed by atoms with Crippen molar-refractivity contribution in [3.8, 4) is 0 Å². The van der Waals surface area contributed by atoms with Crippen LogP contribution in [0.4, 0.5) is 14.6 Å². The number of nitrogens with one attached hydrogen (secondary N) is 2. The van der Waals surface area contributed by atoms with E-state index in [-0.39, 0.29) is 6.54 Å². The maximum absolute atomic E-state index is 13.6. The van der Waals surface area contributed by atoms with Crippen molar-refractivity contribution in [2.45, 2.75) is 6.61 Å². The van der Waals surface area contributed by atoms with Crippen molar-refractivity contribution < 1.29 is 18.3 Å². The van der Waals surface area contributed by atoms with Crippen LogP contribution in [0.2, 0.25) is 0 Å². The van der Waals surface area contributed by atoms with Crippen LogP contribution in [-0.2, 0) is 11.3 Å². The first-order chi connectivity index (χ1) is 12.6. The van der Waals surface area contributed by atoms with Crippen molar-refractivity contribution in [2.24, 2.45) is 0 Å². The molecule has 2 N–H and O–H groups in total. The number of carbonyl (C=O) groups is 1. The zero-order chi connectivity index (χ0) is 18.5. The number of carbonyl (C=O) groups excluding carboxylic acids is 1. The first-order valence-electron chi connectivity index (χ1n) is 7.75. The van der Waals surface area contributed by atoms with Crippen LogP contribution in [0.15, 0.2) is 30.6 Å². The summed E-state index contributed by atoms with van der Waals surface area (Å²) in [6, 6.07) is 5.01. The van der Waals surface area contributed by atoms with Crippen molar-refractivity contribution >= 4 is 17.5 Å². The number of hydrogen-bond acceptors (Lipinski definition) is 6. The minimum atomic E-state index is -0.905. The number of rotatable bonds is 7. The van der Waals surface area contributed by atoms with Crippen LogP contribution >= 0.6 is 0 Å². The fraction of sp³-hybridized carbons (Fsp3) is 0.250. The van der Waals surface area contributed by atoms with E-state index in [1.54, 1.807) is 13.2 Å². The number of anilines is 1. The van der Waals surface area contributed by atoms with E-state index in [0.717, 1.165) is 12.1 Å². The summed E-state index contributed by atoms with van der Waals surface area (Å²) in [5, 5.41) is 9.59. The molecule has 3 aromatic rings. The van der Waals surface area contributed by atoms with Crippen LogP contribution in [0.3, 0.4) is 0 Å². The van der Waals surface area contributed by atoms with Gasteiger partial charge >= 0.3 is 0 Å².